The van der Waals surface area contributed by atoms with Crippen LogP contribution in [0.3, 0.4) is 0 Å². The van der Waals surface area contributed by atoms with E-state index in [9.17, 15) is 39.6 Å². The molecule has 1 aromatic rings. The van der Waals surface area contributed by atoms with Crippen LogP contribution in [0.25, 0.3) is 0 Å². The third kappa shape index (κ3) is 3.51. The number of likely N-dealkylation sites (tertiary alicyclic amines) is 1. The van der Waals surface area contributed by atoms with Gasteiger partial charge in [-0.05, 0) is 24.6 Å². The Labute approximate surface area is 149 Å². The zero-order valence-corrected chi connectivity index (χ0v) is 14.7. The summed E-state index contributed by atoms with van der Waals surface area (Å²) in [5.74, 6) is -1.14. The molecule has 0 saturated carbocycles. The molecule has 0 aromatic heterocycles. The molecule has 26 heavy (non-hydrogen) atoms. The lowest BCUT2D eigenvalue weighted by atomic mass is 9.85. The number of hydrogen-bond donors (Lipinski definition) is 0. The molecule has 1 aliphatic rings. The first-order valence-corrected chi connectivity index (χ1v) is 9.29. The van der Waals surface area contributed by atoms with Gasteiger partial charge in [-0.3, -0.25) is 4.79 Å². The lowest BCUT2D eigenvalue weighted by Crippen LogP contribution is -2.52. The Kier molecular flexibility index (Phi) is 5.04. The van der Waals surface area contributed by atoms with Gasteiger partial charge in [0.25, 0.3) is 5.91 Å². The van der Waals surface area contributed by atoms with Crippen LogP contribution in [0.1, 0.15) is 16.8 Å². The van der Waals surface area contributed by atoms with E-state index < -0.39 is 57.9 Å². The van der Waals surface area contributed by atoms with Crippen LogP contribution in [-0.4, -0.2) is 50.9 Å². The quantitative estimate of drug-likeness (QED) is 0.682. The van der Waals surface area contributed by atoms with Gasteiger partial charge in [-0.2, -0.15) is 26.3 Å². The summed E-state index contributed by atoms with van der Waals surface area (Å²) in [6.07, 6.45) is -11.7. The van der Waals surface area contributed by atoms with E-state index in [0.29, 0.717) is 4.90 Å². The summed E-state index contributed by atoms with van der Waals surface area (Å²) >= 11 is 5.71. The van der Waals surface area contributed by atoms with Gasteiger partial charge in [0.1, 0.15) is 0 Å². The molecule has 1 amide bonds. The lowest BCUT2D eigenvalue weighted by Gasteiger charge is -2.33. The Morgan fingerprint density at radius 2 is 1.69 bits per heavy atom. The number of sulfone groups is 1. The Morgan fingerprint density at radius 1 is 1.15 bits per heavy atom. The minimum Gasteiger partial charge on any atom is -0.337 e. The van der Waals surface area contributed by atoms with E-state index in [1.165, 1.54) is 0 Å². The van der Waals surface area contributed by atoms with Crippen molar-refractivity contribution in [3.63, 3.8) is 0 Å². The summed E-state index contributed by atoms with van der Waals surface area (Å²) in [6.45, 7) is -2.36. The molecule has 0 bridgehead atoms. The van der Waals surface area contributed by atoms with Crippen LogP contribution in [0.4, 0.5) is 26.3 Å². The molecular weight excluding hydrogens is 412 g/mol. The van der Waals surface area contributed by atoms with Crippen molar-refractivity contribution in [2.45, 2.75) is 23.7 Å². The van der Waals surface area contributed by atoms with Crippen LogP contribution in [0, 0.1) is 5.41 Å². The van der Waals surface area contributed by atoms with Crippen LogP contribution in [0.15, 0.2) is 23.1 Å². The highest BCUT2D eigenvalue weighted by molar-refractivity contribution is 7.90. The van der Waals surface area contributed by atoms with Crippen LogP contribution >= 0.6 is 11.6 Å². The molecule has 0 N–H and O–H groups in total. The van der Waals surface area contributed by atoms with E-state index in [4.69, 9.17) is 11.6 Å². The standard InChI is InChI=1S/C14H12ClF6NO3S/c1-26(24,25)10-6-8(2-3-9(10)15)11(23)22-5-4-12(7-22,13(16,17)18)14(19,20)21/h2-3,6H,4-5,7H2,1H3. The Hall–Kier alpha value is -1.49. The maximum absolute atomic E-state index is 13.1. The van der Waals surface area contributed by atoms with Gasteiger partial charge in [0.05, 0.1) is 9.92 Å². The second kappa shape index (κ2) is 6.29. The number of carbonyl (C=O) groups is 1. The number of rotatable bonds is 2. The second-order valence-corrected chi connectivity index (χ2v) is 8.36. The molecule has 1 aliphatic heterocycles. The monoisotopic (exact) mass is 423 g/mol. The summed E-state index contributed by atoms with van der Waals surface area (Å²) in [7, 11) is -3.85. The fourth-order valence-electron chi connectivity index (χ4n) is 2.71. The normalized spacial score (nSPS) is 18.2. The zero-order chi connectivity index (χ0) is 20.1. The number of nitrogens with zero attached hydrogens (tertiary/aromatic N) is 1. The minimum absolute atomic E-state index is 0.217. The third-order valence-corrected chi connectivity index (χ3v) is 5.80. The van der Waals surface area contributed by atoms with Crippen LogP contribution in [-0.2, 0) is 9.84 Å². The van der Waals surface area contributed by atoms with E-state index in [1.807, 2.05) is 0 Å². The molecule has 12 heteroatoms. The first-order valence-electron chi connectivity index (χ1n) is 7.02. The highest BCUT2D eigenvalue weighted by atomic mass is 35.5. The van der Waals surface area contributed by atoms with Gasteiger partial charge in [-0.25, -0.2) is 8.42 Å². The number of alkyl halides is 6. The second-order valence-electron chi connectivity index (χ2n) is 5.97. The number of benzene rings is 1. The molecule has 1 saturated heterocycles. The molecule has 2 rings (SSSR count). The molecule has 1 aromatic carbocycles. The molecule has 4 nitrogen and oxygen atoms in total. The predicted octanol–water partition coefficient (Wildman–Crippen LogP) is 3.70. The number of carbonyl (C=O) groups excluding carboxylic acids is 1. The van der Waals surface area contributed by atoms with Gasteiger partial charge in [-0.1, -0.05) is 11.6 Å². The summed E-state index contributed by atoms with van der Waals surface area (Å²) in [4.78, 5) is 12.3. The van der Waals surface area contributed by atoms with Gasteiger partial charge in [0.15, 0.2) is 15.3 Å². The summed E-state index contributed by atoms with van der Waals surface area (Å²) in [5.41, 5.74) is -4.38. The van der Waals surface area contributed by atoms with Gasteiger partial charge in [0.2, 0.25) is 0 Å². The molecule has 0 aliphatic carbocycles. The number of amides is 1. The van der Waals surface area contributed by atoms with E-state index in [2.05, 4.69) is 0 Å². The molecule has 146 valence electrons. The molecule has 0 unspecified atom stereocenters. The fourth-order valence-corrected chi connectivity index (χ4v) is 4.01. The number of halogens is 7. The summed E-state index contributed by atoms with van der Waals surface area (Å²) in [6, 6.07) is 2.92. The van der Waals surface area contributed by atoms with Gasteiger partial charge in [-0.15, -0.1) is 0 Å². The zero-order valence-electron chi connectivity index (χ0n) is 13.1. The number of hydrogen-bond acceptors (Lipinski definition) is 3. The van der Waals surface area contributed by atoms with Crippen molar-refractivity contribution < 1.29 is 39.6 Å². The lowest BCUT2D eigenvalue weighted by molar-refractivity contribution is -0.334. The van der Waals surface area contributed by atoms with Crippen LogP contribution < -0.4 is 0 Å². The third-order valence-electron chi connectivity index (χ3n) is 4.22. The minimum atomic E-state index is -5.59. The SMILES string of the molecule is CS(=O)(=O)c1cc(C(=O)N2CCC(C(F)(F)F)(C(F)(F)F)C2)ccc1Cl. The van der Waals surface area contributed by atoms with Gasteiger partial charge >= 0.3 is 12.4 Å². The van der Waals surface area contributed by atoms with Crippen molar-refractivity contribution in [1.82, 2.24) is 4.90 Å². The van der Waals surface area contributed by atoms with Crippen molar-refractivity contribution in [2.24, 2.45) is 5.41 Å². The van der Waals surface area contributed by atoms with E-state index in [0.717, 1.165) is 24.5 Å². The molecule has 0 radical (unpaired) electrons. The first kappa shape index (κ1) is 20.8. The van der Waals surface area contributed by atoms with Crippen molar-refractivity contribution in [3.8, 4) is 0 Å². The van der Waals surface area contributed by atoms with E-state index >= 15 is 0 Å². The van der Waals surface area contributed by atoms with Crippen molar-refractivity contribution >= 4 is 27.3 Å². The van der Waals surface area contributed by atoms with Crippen LogP contribution in [0.2, 0.25) is 5.02 Å². The average molecular weight is 424 g/mol. The summed E-state index contributed by atoms with van der Waals surface area (Å²) in [5, 5.41) is -0.217. The maximum Gasteiger partial charge on any atom is 0.404 e. The van der Waals surface area contributed by atoms with Crippen LogP contribution in [0.5, 0.6) is 0 Å². The smallest absolute Gasteiger partial charge is 0.337 e. The molecule has 0 spiro atoms. The van der Waals surface area contributed by atoms with Gasteiger partial charge < -0.3 is 4.90 Å². The average Bonchev–Trinajstić information content (AvgIpc) is 2.91. The molecular formula is C14H12ClF6NO3S. The maximum atomic E-state index is 13.1. The van der Waals surface area contributed by atoms with Crippen molar-refractivity contribution in [1.29, 1.82) is 0 Å². The summed E-state index contributed by atoms with van der Waals surface area (Å²) < 4.78 is 102. The molecule has 1 heterocycles. The van der Waals surface area contributed by atoms with E-state index in [-0.39, 0.29) is 10.6 Å². The Morgan fingerprint density at radius 3 is 2.12 bits per heavy atom. The highest BCUT2D eigenvalue weighted by Gasteiger charge is 2.72. The van der Waals surface area contributed by atoms with Crippen molar-refractivity contribution in [2.75, 3.05) is 19.3 Å². The topological polar surface area (TPSA) is 54.5 Å². The largest absolute Gasteiger partial charge is 0.404 e. The predicted molar refractivity (Wildman–Crippen MR) is 79.6 cm³/mol. The van der Waals surface area contributed by atoms with Gasteiger partial charge in [0, 0.05) is 24.9 Å². The highest BCUT2D eigenvalue weighted by Crippen LogP contribution is 2.55. The van der Waals surface area contributed by atoms with E-state index in [1.54, 1.807) is 0 Å². The Bertz CT molecular complexity index is 820. The first-order chi connectivity index (χ1) is 11.6. The molecule has 1 fully saturated rings. The fraction of sp³-hybridized carbons (Fsp3) is 0.500. The van der Waals surface area contributed by atoms with Crippen molar-refractivity contribution in [3.05, 3.63) is 28.8 Å². The Balaban J connectivity index is 2.39. The molecule has 0 atom stereocenters.